The molecular formula is C14H16F2N2O6. The first-order valence-electron chi connectivity index (χ1n) is 6.71. The van der Waals surface area contributed by atoms with E-state index < -0.39 is 31.1 Å². The predicted molar refractivity (Wildman–Crippen MR) is 76.8 cm³/mol. The van der Waals surface area contributed by atoms with Crippen LogP contribution in [0.25, 0.3) is 0 Å². The van der Waals surface area contributed by atoms with E-state index in [0.29, 0.717) is 0 Å². The van der Waals surface area contributed by atoms with Crippen LogP contribution < -0.4 is 15.4 Å². The maximum absolute atomic E-state index is 12.1. The summed E-state index contributed by atoms with van der Waals surface area (Å²) in [5, 5.41) is 4.27. The van der Waals surface area contributed by atoms with E-state index in [4.69, 9.17) is 4.74 Å². The second-order valence-electron chi connectivity index (χ2n) is 4.28. The molecule has 0 bridgehead atoms. The minimum atomic E-state index is -3.03. The van der Waals surface area contributed by atoms with Crippen molar-refractivity contribution in [3.8, 4) is 5.75 Å². The van der Waals surface area contributed by atoms with Gasteiger partial charge >= 0.3 is 18.6 Å². The molecule has 0 unspecified atom stereocenters. The molecule has 0 heterocycles. The molecule has 0 saturated heterocycles. The normalized spacial score (nSPS) is 10.2. The molecule has 0 saturated carbocycles. The summed E-state index contributed by atoms with van der Waals surface area (Å²) in [6.07, 6.45) is 0. The lowest BCUT2D eigenvalue weighted by molar-refractivity contribution is -0.123. The molecule has 1 rings (SSSR count). The molecule has 10 heteroatoms. The molecule has 0 aliphatic rings. The van der Waals surface area contributed by atoms with Gasteiger partial charge in [0.05, 0.1) is 12.2 Å². The van der Waals surface area contributed by atoms with Crippen LogP contribution in [0, 0.1) is 0 Å². The Balaban J connectivity index is 2.42. The molecule has 3 amide bonds. The van der Waals surface area contributed by atoms with E-state index >= 15 is 0 Å². The summed E-state index contributed by atoms with van der Waals surface area (Å²) >= 11 is 0. The molecular weight excluding hydrogens is 330 g/mol. The lowest BCUT2D eigenvalue weighted by Gasteiger charge is -2.08. The van der Waals surface area contributed by atoms with E-state index in [1.165, 1.54) is 25.3 Å². The SMILES string of the molecule is COCCNC(=O)NC(=O)COC(=O)c1cccc(OC(F)F)c1. The summed E-state index contributed by atoms with van der Waals surface area (Å²) in [5.74, 6) is -2.00. The van der Waals surface area contributed by atoms with Gasteiger partial charge in [-0.3, -0.25) is 10.1 Å². The van der Waals surface area contributed by atoms with Gasteiger partial charge in [-0.25, -0.2) is 9.59 Å². The Morgan fingerprint density at radius 2 is 2.00 bits per heavy atom. The smallest absolute Gasteiger partial charge is 0.387 e. The zero-order chi connectivity index (χ0) is 17.9. The van der Waals surface area contributed by atoms with E-state index in [0.717, 1.165) is 6.07 Å². The van der Waals surface area contributed by atoms with Crippen LogP contribution in [0.2, 0.25) is 0 Å². The Bertz CT molecular complexity index is 582. The van der Waals surface area contributed by atoms with Crippen molar-refractivity contribution in [1.29, 1.82) is 0 Å². The van der Waals surface area contributed by atoms with Crippen LogP contribution in [-0.2, 0) is 14.3 Å². The third-order valence-corrected chi connectivity index (χ3v) is 2.47. The van der Waals surface area contributed by atoms with Gasteiger partial charge in [0.15, 0.2) is 6.61 Å². The first-order chi connectivity index (χ1) is 11.4. The standard InChI is InChI=1S/C14H16F2N2O6/c1-22-6-5-17-14(21)18-11(19)8-23-12(20)9-3-2-4-10(7-9)24-13(15)16/h2-4,7,13H,5-6,8H2,1H3,(H2,17,18,19,21). The maximum Gasteiger partial charge on any atom is 0.387 e. The highest BCUT2D eigenvalue weighted by Crippen LogP contribution is 2.16. The van der Waals surface area contributed by atoms with E-state index in [9.17, 15) is 23.2 Å². The van der Waals surface area contributed by atoms with Gasteiger partial charge in [0.1, 0.15) is 5.75 Å². The van der Waals surface area contributed by atoms with Crippen molar-refractivity contribution in [3.63, 3.8) is 0 Å². The molecule has 0 aliphatic carbocycles. The van der Waals surface area contributed by atoms with Crippen molar-refractivity contribution < 1.29 is 37.4 Å². The summed E-state index contributed by atoms with van der Waals surface area (Å²) in [6.45, 7) is -3.27. The third-order valence-electron chi connectivity index (χ3n) is 2.47. The number of imide groups is 1. The Morgan fingerprint density at radius 3 is 2.67 bits per heavy atom. The minimum absolute atomic E-state index is 0.0782. The van der Waals surface area contributed by atoms with Crippen molar-refractivity contribution >= 4 is 17.9 Å². The van der Waals surface area contributed by atoms with Crippen LogP contribution in [0.4, 0.5) is 13.6 Å². The van der Waals surface area contributed by atoms with E-state index in [-0.39, 0.29) is 24.5 Å². The topological polar surface area (TPSA) is 103 Å². The summed E-state index contributed by atoms with van der Waals surface area (Å²) in [7, 11) is 1.45. The number of nitrogens with one attached hydrogen (secondary N) is 2. The van der Waals surface area contributed by atoms with E-state index in [1.807, 2.05) is 5.32 Å². The highest BCUT2D eigenvalue weighted by molar-refractivity contribution is 5.97. The number of esters is 1. The van der Waals surface area contributed by atoms with Crippen molar-refractivity contribution in [2.75, 3.05) is 26.9 Å². The highest BCUT2D eigenvalue weighted by atomic mass is 19.3. The second-order valence-corrected chi connectivity index (χ2v) is 4.28. The number of rotatable bonds is 8. The number of carbonyl (C=O) groups excluding carboxylic acids is 3. The number of carbonyl (C=O) groups is 3. The van der Waals surface area contributed by atoms with Crippen molar-refractivity contribution in [1.82, 2.24) is 10.6 Å². The zero-order valence-electron chi connectivity index (χ0n) is 12.7. The fourth-order valence-corrected chi connectivity index (χ4v) is 1.49. The van der Waals surface area contributed by atoms with E-state index in [2.05, 4.69) is 14.8 Å². The zero-order valence-corrected chi connectivity index (χ0v) is 12.7. The first-order valence-corrected chi connectivity index (χ1v) is 6.71. The molecule has 132 valence electrons. The number of hydrogen-bond donors (Lipinski definition) is 2. The second kappa shape index (κ2) is 10.1. The fraction of sp³-hybridized carbons (Fsp3) is 0.357. The third kappa shape index (κ3) is 7.49. The lowest BCUT2D eigenvalue weighted by atomic mass is 10.2. The molecule has 0 fully saturated rings. The number of ether oxygens (including phenoxy) is 3. The number of urea groups is 1. The maximum atomic E-state index is 12.1. The van der Waals surface area contributed by atoms with Gasteiger partial charge < -0.3 is 19.5 Å². The Labute approximate surface area is 136 Å². The van der Waals surface area contributed by atoms with Gasteiger partial charge in [-0.1, -0.05) is 6.07 Å². The van der Waals surface area contributed by atoms with E-state index in [1.54, 1.807) is 0 Å². The first kappa shape index (κ1) is 19.3. The molecule has 0 atom stereocenters. The van der Waals surface area contributed by atoms with Crippen LogP contribution in [0.3, 0.4) is 0 Å². The number of alkyl halides is 2. The largest absolute Gasteiger partial charge is 0.452 e. The quantitative estimate of drug-likeness (QED) is 0.536. The summed E-state index contributed by atoms with van der Waals surface area (Å²) in [6, 6.07) is 4.14. The monoisotopic (exact) mass is 346 g/mol. The van der Waals surface area contributed by atoms with Gasteiger partial charge in [-0.15, -0.1) is 0 Å². The van der Waals surface area contributed by atoms with Crippen LogP contribution in [0.5, 0.6) is 5.75 Å². The van der Waals surface area contributed by atoms with Crippen LogP contribution >= 0.6 is 0 Å². The Hall–Kier alpha value is -2.75. The molecule has 0 spiro atoms. The molecule has 1 aromatic rings. The molecule has 0 aliphatic heterocycles. The number of amides is 3. The molecule has 1 aromatic carbocycles. The van der Waals surface area contributed by atoms with Gasteiger partial charge in [0.2, 0.25) is 0 Å². The number of benzene rings is 1. The molecule has 0 aromatic heterocycles. The van der Waals surface area contributed by atoms with Crippen LogP contribution in [0.1, 0.15) is 10.4 Å². The van der Waals surface area contributed by atoms with Crippen molar-refractivity contribution in [3.05, 3.63) is 29.8 Å². The fourth-order valence-electron chi connectivity index (χ4n) is 1.49. The average molecular weight is 346 g/mol. The van der Waals surface area contributed by atoms with Gasteiger partial charge in [-0.2, -0.15) is 8.78 Å². The summed E-state index contributed by atoms with van der Waals surface area (Å²) < 4.78 is 37.7. The van der Waals surface area contributed by atoms with Crippen molar-refractivity contribution in [2.45, 2.75) is 6.61 Å². The number of hydrogen-bond acceptors (Lipinski definition) is 6. The molecule has 8 nitrogen and oxygen atoms in total. The highest BCUT2D eigenvalue weighted by Gasteiger charge is 2.14. The lowest BCUT2D eigenvalue weighted by Crippen LogP contribution is -2.42. The van der Waals surface area contributed by atoms with Gasteiger partial charge in [0, 0.05) is 13.7 Å². The number of methoxy groups -OCH3 is 1. The minimum Gasteiger partial charge on any atom is -0.452 e. The van der Waals surface area contributed by atoms with Crippen molar-refractivity contribution in [2.24, 2.45) is 0 Å². The summed E-state index contributed by atoms with van der Waals surface area (Å²) in [4.78, 5) is 34.4. The Morgan fingerprint density at radius 1 is 1.25 bits per heavy atom. The van der Waals surface area contributed by atoms with Gasteiger partial charge in [0.25, 0.3) is 5.91 Å². The molecule has 0 radical (unpaired) electrons. The number of halogens is 2. The molecule has 2 N–H and O–H groups in total. The van der Waals surface area contributed by atoms with Gasteiger partial charge in [-0.05, 0) is 18.2 Å². The van der Waals surface area contributed by atoms with Crippen LogP contribution in [-0.4, -0.2) is 51.4 Å². The molecule has 24 heavy (non-hydrogen) atoms. The average Bonchev–Trinajstić information content (AvgIpc) is 2.52. The predicted octanol–water partition coefficient (Wildman–Crippen LogP) is 0.917. The van der Waals surface area contributed by atoms with Crippen LogP contribution in [0.15, 0.2) is 24.3 Å². The summed E-state index contributed by atoms with van der Waals surface area (Å²) in [5.41, 5.74) is -0.0782. The Kier molecular flexibility index (Phi) is 8.13.